The highest BCUT2D eigenvalue weighted by molar-refractivity contribution is 7.85. The van der Waals surface area contributed by atoms with Gasteiger partial charge in [0.05, 0.1) is 32.3 Å². The second-order valence-corrected chi connectivity index (χ2v) is 31.2. The fourth-order valence-corrected chi connectivity index (χ4v) is 14.8. The topological polar surface area (TPSA) is 228 Å². The normalized spacial score (nSPS) is 14.1. The number of rotatable bonds is 41. The molecule has 102 heavy (non-hydrogen) atoms. The molecule has 550 valence electrons. The van der Waals surface area contributed by atoms with E-state index in [2.05, 4.69) is 195 Å². The van der Waals surface area contributed by atoms with Crippen molar-refractivity contribution < 1.29 is 59.1 Å². The number of aryl methyl sites for hydroxylation is 3. The Balaban J connectivity index is 0.000000241. The third-order valence-corrected chi connectivity index (χ3v) is 21.4. The maximum atomic E-state index is 12.8. The van der Waals surface area contributed by atoms with Gasteiger partial charge in [0.25, 0.3) is 0 Å². The molecule has 16 nitrogen and oxygen atoms in total. The first-order chi connectivity index (χ1) is 49.0. The van der Waals surface area contributed by atoms with Gasteiger partial charge in [0, 0.05) is 111 Å². The summed E-state index contributed by atoms with van der Waals surface area (Å²) in [6, 6.07) is 47.1. The highest BCUT2D eigenvalue weighted by atomic mass is 32.2. The Kier molecular flexibility index (Phi) is 35.8. The largest absolute Gasteiger partial charge is 0.748 e. The summed E-state index contributed by atoms with van der Waals surface area (Å²) in [5.74, 6) is 1.68. The van der Waals surface area contributed by atoms with Crippen LogP contribution in [0.15, 0.2) is 208 Å². The minimum Gasteiger partial charge on any atom is -0.748 e. The molecule has 0 aliphatic carbocycles. The maximum Gasteiger partial charge on any atom is 0.311 e. The molecule has 0 amide bonds. The lowest BCUT2D eigenvalue weighted by molar-refractivity contribution is -0.697. The summed E-state index contributed by atoms with van der Waals surface area (Å²) in [6.45, 7) is 19.7. The van der Waals surface area contributed by atoms with E-state index in [9.17, 15) is 35.5 Å². The van der Waals surface area contributed by atoms with Gasteiger partial charge in [-0.05, 0) is 219 Å². The van der Waals surface area contributed by atoms with E-state index >= 15 is 0 Å². The van der Waals surface area contributed by atoms with Crippen molar-refractivity contribution in [2.45, 2.75) is 232 Å². The van der Waals surface area contributed by atoms with E-state index in [0.29, 0.717) is 74.5 Å². The number of carboxylic acids is 1. The molecule has 8 rings (SSSR count). The van der Waals surface area contributed by atoms with Gasteiger partial charge in [-0.25, -0.2) is 30.5 Å². The van der Waals surface area contributed by atoms with Crippen LogP contribution in [-0.4, -0.2) is 76.1 Å². The average molecular weight is 1430 g/mol. The minimum absolute atomic E-state index is 0.154. The van der Waals surface area contributed by atoms with Crippen LogP contribution in [0.4, 0.5) is 0 Å². The predicted molar refractivity (Wildman–Crippen MR) is 401 cm³/mol. The van der Waals surface area contributed by atoms with E-state index in [4.69, 9.17) is 9.84 Å². The molecule has 8 atom stereocenters. The molecule has 0 radical (unpaired) electrons. The summed E-state index contributed by atoms with van der Waals surface area (Å²) in [5.41, 5.74) is 9.92. The van der Waals surface area contributed by atoms with Crippen LogP contribution in [-0.2, 0) is 54.2 Å². The molecule has 6 heterocycles. The Morgan fingerprint density at radius 3 is 1.10 bits per heavy atom. The number of pyridine rings is 6. The number of carboxylic acid groups (broad SMARTS) is 1. The number of aliphatic carboxylic acids is 1. The molecule has 8 aromatic rings. The summed E-state index contributed by atoms with van der Waals surface area (Å²) >= 11 is 0. The van der Waals surface area contributed by atoms with Crippen LogP contribution in [0.3, 0.4) is 0 Å². The van der Waals surface area contributed by atoms with E-state index in [-0.39, 0.29) is 35.7 Å². The van der Waals surface area contributed by atoms with E-state index in [0.717, 1.165) is 95.6 Å². The van der Waals surface area contributed by atoms with E-state index < -0.39 is 31.6 Å². The third-order valence-electron chi connectivity index (χ3n) is 19.9. The molecular formula is C84H113N6O10S2+. The fraction of sp³-hybridized carbons (Fsp3) is 0.476. The predicted octanol–water partition coefficient (Wildman–Crippen LogP) is 16.8. The summed E-state index contributed by atoms with van der Waals surface area (Å²) in [6.07, 6.45) is 37.9. The van der Waals surface area contributed by atoms with Gasteiger partial charge in [-0.15, -0.1) is 0 Å². The number of hydrogen-bond donors (Lipinski definition) is 1. The Bertz CT molecular complexity index is 3860. The van der Waals surface area contributed by atoms with Gasteiger partial charge in [-0.2, -0.15) is 0 Å². The molecule has 6 aromatic heterocycles. The Morgan fingerprint density at radius 1 is 0.431 bits per heavy atom. The van der Waals surface area contributed by atoms with Crippen LogP contribution >= 0.6 is 0 Å². The van der Waals surface area contributed by atoms with Crippen LogP contribution in [0.1, 0.15) is 256 Å². The number of aromatic nitrogens is 6. The number of carbonyl (C=O) groups is 2. The number of nitrogens with zero attached hydrogens (tertiary/aromatic N) is 6. The molecule has 8 unspecified atom stereocenters. The molecule has 0 fully saturated rings. The van der Waals surface area contributed by atoms with E-state index in [1.165, 1.54) is 38.9 Å². The maximum absolute atomic E-state index is 12.8. The SMILES string of the molecule is CCC(CC(CC(C)c1ccccc1)c1ccncc1)c1cc[n+](CCCCCC(=O)O)cc1.CCC(CC(CC(C)c1ccccc1)c1ccncc1)c1cc[n+](CCCS(=O)(=O)[O-])cc1.CCCCOC(=O)C(C)(C)CC(CC(CC)c1cc[n+](CCCS(=O)(=O)[O-])cc1)c1ccncc1. The number of esters is 1. The summed E-state index contributed by atoms with van der Waals surface area (Å²) in [7, 11) is -8.35. The second kappa shape index (κ2) is 43.9. The van der Waals surface area contributed by atoms with Gasteiger partial charge >= 0.3 is 11.9 Å². The van der Waals surface area contributed by atoms with Gasteiger partial charge in [0.1, 0.15) is 19.6 Å². The van der Waals surface area contributed by atoms with Gasteiger partial charge in [0.15, 0.2) is 37.2 Å². The molecule has 0 aliphatic rings. The van der Waals surface area contributed by atoms with Crippen molar-refractivity contribution in [2.24, 2.45) is 5.41 Å². The highest BCUT2D eigenvalue weighted by Gasteiger charge is 2.35. The van der Waals surface area contributed by atoms with Crippen molar-refractivity contribution in [3.05, 3.63) is 252 Å². The molecule has 2 aromatic carbocycles. The fourth-order valence-electron chi connectivity index (χ4n) is 13.8. The van der Waals surface area contributed by atoms with Crippen molar-refractivity contribution in [3.8, 4) is 0 Å². The van der Waals surface area contributed by atoms with Crippen LogP contribution in [0.5, 0.6) is 0 Å². The number of benzene rings is 2. The van der Waals surface area contributed by atoms with Crippen molar-refractivity contribution in [2.75, 3.05) is 18.1 Å². The second-order valence-electron chi connectivity index (χ2n) is 28.2. The lowest BCUT2D eigenvalue weighted by Gasteiger charge is -2.30. The van der Waals surface area contributed by atoms with Crippen molar-refractivity contribution >= 4 is 32.2 Å². The van der Waals surface area contributed by atoms with E-state index in [1.807, 2.05) is 84.7 Å². The molecule has 0 bridgehead atoms. The Labute approximate surface area is 610 Å². The number of hydrogen-bond acceptors (Lipinski definition) is 12. The molecule has 18 heteroatoms. The van der Waals surface area contributed by atoms with Crippen molar-refractivity contribution in [3.63, 3.8) is 0 Å². The highest BCUT2D eigenvalue weighted by Crippen LogP contribution is 2.42. The van der Waals surface area contributed by atoms with Gasteiger partial charge in [0.2, 0.25) is 0 Å². The Morgan fingerprint density at radius 2 is 0.765 bits per heavy atom. The zero-order chi connectivity index (χ0) is 73.8. The lowest BCUT2D eigenvalue weighted by Crippen LogP contribution is -2.33. The number of carbonyl (C=O) groups excluding carboxylic acids is 1. The Hall–Kier alpha value is -7.90. The lowest BCUT2D eigenvalue weighted by atomic mass is 9.75. The van der Waals surface area contributed by atoms with Gasteiger partial charge < -0.3 is 18.9 Å². The zero-order valence-electron chi connectivity index (χ0n) is 61.6. The van der Waals surface area contributed by atoms with E-state index in [1.54, 1.807) is 12.4 Å². The number of unbranched alkanes of at least 4 members (excludes halogenated alkanes) is 3. The molecule has 0 saturated heterocycles. The molecule has 1 N–H and O–H groups in total. The molecule has 0 spiro atoms. The first-order valence-corrected chi connectivity index (χ1v) is 40.2. The van der Waals surface area contributed by atoms with Gasteiger partial charge in [-0.3, -0.25) is 24.5 Å². The minimum atomic E-state index is -4.19. The summed E-state index contributed by atoms with van der Waals surface area (Å²) in [5, 5.41) is 8.77. The van der Waals surface area contributed by atoms with Crippen LogP contribution < -0.4 is 13.7 Å². The van der Waals surface area contributed by atoms with Crippen LogP contribution in [0.2, 0.25) is 0 Å². The number of ether oxygens (including phenoxy) is 1. The van der Waals surface area contributed by atoms with Crippen LogP contribution in [0.25, 0.3) is 0 Å². The quantitative estimate of drug-likeness (QED) is 0.0163. The summed E-state index contributed by atoms with van der Waals surface area (Å²) in [4.78, 5) is 36.1. The zero-order valence-corrected chi connectivity index (χ0v) is 63.3. The first kappa shape index (κ1) is 83.1. The third kappa shape index (κ3) is 30.6. The standard InChI is InChI=1S/C30H38N2O2.C27H40N2O5S.C27H34N2O3S/c1-3-25(28-15-20-32(21-16-28)19-9-5-8-12-30(33)34)23-29(27-13-17-31-18-14-27)22-24(2)26-10-6-4-7-11-26;1-5-7-18-34-26(30)27(3,4)21-25(23-9-13-28-14-10-23)20-22(6-2)24-11-16-29(17-12-24)15-8-19-35(31,32)33;1-3-23(26-12-17-29(18-13-26)16-7-19-33(30,31)32)21-27(25-10-14-28-15-11-25)20-22(2)24-8-5-4-6-9-24/h4,6-7,10-11,13-18,20-21,24-25,29H,3,5,8-9,12,19,22-23H2,1-2H3;9-14,16-17,22,25H,5-8,15,18-21H2,1-4H3;4-6,8-15,17-18,22-23,27H,3,7,16,19-21H2,1-2H3/p+1. The molecular weight excluding hydrogens is 1320 g/mol. The average Bonchev–Trinajstić information content (AvgIpc) is 0.836. The summed E-state index contributed by atoms with van der Waals surface area (Å²) < 4.78 is 76.6. The smallest absolute Gasteiger partial charge is 0.311 e. The first-order valence-electron chi connectivity index (χ1n) is 37.0. The van der Waals surface area contributed by atoms with Crippen molar-refractivity contribution in [1.82, 2.24) is 15.0 Å². The van der Waals surface area contributed by atoms with Gasteiger partial charge in [-0.1, -0.05) is 109 Å². The molecule has 0 saturated carbocycles. The van der Waals surface area contributed by atoms with Crippen molar-refractivity contribution in [1.29, 1.82) is 0 Å². The van der Waals surface area contributed by atoms with Crippen LogP contribution in [0, 0.1) is 5.41 Å². The monoisotopic (exact) mass is 1430 g/mol. The molecule has 0 aliphatic heterocycles.